The lowest BCUT2D eigenvalue weighted by Crippen LogP contribution is -2.42. The molecule has 0 saturated heterocycles. The Hall–Kier alpha value is -1.26. The Labute approximate surface area is 100 Å². The molecule has 4 N–H and O–H groups in total. The molecule has 1 rings (SSSR count). The number of halogens is 1. The molecule has 1 unspecified atom stereocenters. The highest BCUT2D eigenvalue weighted by molar-refractivity contribution is 6.30. The number of nitrogens with one attached hydrogen (secondary N) is 2. The van der Waals surface area contributed by atoms with E-state index in [-0.39, 0.29) is 11.9 Å². The van der Waals surface area contributed by atoms with E-state index in [1.54, 1.807) is 6.07 Å². The van der Waals surface area contributed by atoms with Crippen LogP contribution < -0.4 is 16.6 Å². The molecule has 4 nitrogen and oxygen atoms in total. The number of aryl methyl sites for hydroxylation is 1. The number of carbonyl (C=O) groups is 1. The van der Waals surface area contributed by atoms with Crippen LogP contribution in [0.25, 0.3) is 0 Å². The van der Waals surface area contributed by atoms with Crippen LogP contribution in [-0.4, -0.2) is 11.9 Å². The van der Waals surface area contributed by atoms with E-state index in [4.69, 9.17) is 17.4 Å². The molecular weight excluding hydrogens is 226 g/mol. The van der Waals surface area contributed by atoms with Gasteiger partial charge in [-0.1, -0.05) is 18.5 Å². The van der Waals surface area contributed by atoms with E-state index in [0.717, 1.165) is 11.3 Å². The predicted octanol–water partition coefficient (Wildman–Crippen LogP) is 1.83. The van der Waals surface area contributed by atoms with Crippen molar-refractivity contribution >= 4 is 23.2 Å². The summed E-state index contributed by atoms with van der Waals surface area (Å²) in [5, 5.41) is 3.80. The van der Waals surface area contributed by atoms with Crippen LogP contribution >= 0.6 is 11.6 Å². The zero-order valence-corrected chi connectivity index (χ0v) is 10.1. The van der Waals surface area contributed by atoms with Crippen LogP contribution in [-0.2, 0) is 4.79 Å². The average Bonchev–Trinajstić information content (AvgIpc) is 2.27. The fourth-order valence-electron chi connectivity index (χ4n) is 1.43. The van der Waals surface area contributed by atoms with Gasteiger partial charge in [0.2, 0.25) is 0 Å². The first kappa shape index (κ1) is 12.8. The van der Waals surface area contributed by atoms with E-state index in [9.17, 15) is 4.79 Å². The van der Waals surface area contributed by atoms with Gasteiger partial charge in [-0.15, -0.1) is 0 Å². The molecule has 0 spiro atoms. The number of nitrogens with two attached hydrogens (primary N) is 1. The summed E-state index contributed by atoms with van der Waals surface area (Å²) < 4.78 is 0. The number of rotatable bonds is 4. The summed E-state index contributed by atoms with van der Waals surface area (Å²) in [6, 6.07) is 5.15. The highest BCUT2D eigenvalue weighted by atomic mass is 35.5. The third-order valence-electron chi connectivity index (χ3n) is 2.39. The molecule has 5 heteroatoms. The summed E-state index contributed by atoms with van der Waals surface area (Å²) in [6.07, 6.45) is 0.658. The Morgan fingerprint density at radius 2 is 2.25 bits per heavy atom. The highest BCUT2D eigenvalue weighted by Gasteiger charge is 2.15. The van der Waals surface area contributed by atoms with Crippen LogP contribution in [0.1, 0.15) is 18.9 Å². The third kappa shape index (κ3) is 3.12. The molecule has 0 aliphatic rings. The molecule has 0 heterocycles. The molecule has 1 aromatic rings. The van der Waals surface area contributed by atoms with Gasteiger partial charge in [0.25, 0.3) is 5.91 Å². The van der Waals surface area contributed by atoms with Gasteiger partial charge in [0.15, 0.2) is 0 Å². The maximum atomic E-state index is 11.4. The summed E-state index contributed by atoms with van der Waals surface area (Å²) in [5.41, 5.74) is 4.02. The predicted molar refractivity (Wildman–Crippen MR) is 66.2 cm³/mol. The van der Waals surface area contributed by atoms with Gasteiger partial charge in [-0.3, -0.25) is 10.2 Å². The number of hydrazine groups is 1. The fourth-order valence-corrected chi connectivity index (χ4v) is 1.66. The van der Waals surface area contributed by atoms with E-state index < -0.39 is 0 Å². The van der Waals surface area contributed by atoms with Crippen LogP contribution in [0, 0.1) is 6.92 Å². The van der Waals surface area contributed by atoms with Crippen molar-refractivity contribution in [2.75, 3.05) is 5.32 Å². The molecule has 16 heavy (non-hydrogen) atoms. The maximum Gasteiger partial charge on any atom is 0.256 e. The Kier molecular flexibility index (Phi) is 4.58. The standard InChI is InChI=1S/C11H16ClN3O/c1-3-9(11(16)15-13)14-10-5-4-8(12)6-7(10)2/h4-6,9,14H,3,13H2,1-2H3,(H,15,16). The Morgan fingerprint density at radius 3 is 2.75 bits per heavy atom. The smallest absolute Gasteiger partial charge is 0.256 e. The molecule has 88 valence electrons. The van der Waals surface area contributed by atoms with Crippen molar-refractivity contribution in [2.24, 2.45) is 5.84 Å². The number of amides is 1. The molecule has 0 aliphatic carbocycles. The van der Waals surface area contributed by atoms with Gasteiger partial charge in [0.05, 0.1) is 0 Å². The number of hydrogen-bond acceptors (Lipinski definition) is 3. The van der Waals surface area contributed by atoms with E-state index in [1.807, 2.05) is 26.0 Å². The number of carbonyl (C=O) groups excluding carboxylic acids is 1. The van der Waals surface area contributed by atoms with Gasteiger partial charge < -0.3 is 5.32 Å². The van der Waals surface area contributed by atoms with Crippen molar-refractivity contribution in [3.8, 4) is 0 Å². The van der Waals surface area contributed by atoms with Crippen LogP contribution in [0.4, 0.5) is 5.69 Å². The third-order valence-corrected chi connectivity index (χ3v) is 2.62. The normalized spacial score (nSPS) is 12.0. The van der Waals surface area contributed by atoms with Crippen LogP contribution in [0.5, 0.6) is 0 Å². The van der Waals surface area contributed by atoms with Crippen molar-refractivity contribution in [1.82, 2.24) is 5.43 Å². The van der Waals surface area contributed by atoms with Gasteiger partial charge in [0, 0.05) is 10.7 Å². The van der Waals surface area contributed by atoms with E-state index >= 15 is 0 Å². The largest absolute Gasteiger partial charge is 0.373 e. The minimum absolute atomic E-state index is 0.225. The molecule has 0 aromatic heterocycles. The number of hydrogen-bond donors (Lipinski definition) is 3. The molecule has 0 aliphatic heterocycles. The molecule has 0 radical (unpaired) electrons. The second-order valence-corrected chi connectivity index (χ2v) is 4.01. The second-order valence-electron chi connectivity index (χ2n) is 3.57. The minimum atomic E-state index is -0.329. The van der Waals surface area contributed by atoms with Gasteiger partial charge in [-0.05, 0) is 37.1 Å². The Bertz CT molecular complexity index is 381. The van der Waals surface area contributed by atoms with Crippen LogP contribution in [0.2, 0.25) is 5.02 Å². The van der Waals surface area contributed by atoms with Gasteiger partial charge in [-0.2, -0.15) is 0 Å². The first-order valence-corrected chi connectivity index (χ1v) is 5.49. The fraction of sp³-hybridized carbons (Fsp3) is 0.364. The Balaban J connectivity index is 2.82. The maximum absolute atomic E-state index is 11.4. The van der Waals surface area contributed by atoms with Crippen LogP contribution in [0.3, 0.4) is 0 Å². The van der Waals surface area contributed by atoms with Crippen molar-refractivity contribution in [2.45, 2.75) is 26.3 Å². The topological polar surface area (TPSA) is 67.2 Å². The first-order chi connectivity index (χ1) is 7.58. The van der Waals surface area contributed by atoms with Gasteiger partial charge in [0.1, 0.15) is 6.04 Å². The zero-order chi connectivity index (χ0) is 12.1. The van der Waals surface area contributed by atoms with Gasteiger partial charge in [-0.25, -0.2) is 5.84 Å². The summed E-state index contributed by atoms with van der Waals surface area (Å²) in [7, 11) is 0. The van der Waals surface area contributed by atoms with Crippen molar-refractivity contribution in [3.05, 3.63) is 28.8 Å². The minimum Gasteiger partial charge on any atom is -0.373 e. The van der Waals surface area contributed by atoms with E-state index in [0.29, 0.717) is 11.4 Å². The lowest BCUT2D eigenvalue weighted by Gasteiger charge is -2.18. The summed E-state index contributed by atoms with van der Waals surface area (Å²) in [6.45, 7) is 3.85. The van der Waals surface area contributed by atoms with Crippen molar-refractivity contribution < 1.29 is 4.79 Å². The summed E-state index contributed by atoms with van der Waals surface area (Å²) >= 11 is 5.85. The van der Waals surface area contributed by atoms with E-state index in [1.165, 1.54) is 0 Å². The SMILES string of the molecule is CCC(Nc1ccc(Cl)cc1C)C(=O)NN. The molecular formula is C11H16ClN3O. The summed E-state index contributed by atoms with van der Waals surface area (Å²) in [5.74, 6) is 4.88. The summed E-state index contributed by atoms with van der Waals surface area (Å²) in [4.78, 5) is 11.4. The number of anilines is 1. The van der Waals surface area contributed by atoms with Gasteiger partial charge >= 0.3 is 0 Å². The molecule has 0 fully saturated rings. The molecule has 1 amide bonds. The lowest BCUT2D eigenvalue weighted by molar-refractivity contribution is -0.121. The second kappa shape index (κ2) is 5.72. The van der Waals surface area contributed by atoms with Crippen molar-refractivity contribution in [1.29, 1.82) is 0 Å². The average molecular weight is 242 g/mol. The molecule has 1 aromatic carbocycles. The zero-order valence-electron chi connectivity index (χ0n) is 9.38. The highest BCUT2D eigenvalue weighted by Crippen LogP contribution is 2.20. The molecule has 1 atom stereocenters. The van der Waals surface area contributed by atoms with Crippen molar-refractivity contribution in [3.63, 3.8) is 0 Å². The monoisotopic (exact) mass is 241 g/mol. The van der Waals surface area contributed by atoms with Crippen LogP contribution in [0.15, 0.2) is 18.2 Å². The number of benzene rings is 1. The molecule has 0 saturated carbocycles. The molecule has 0 bridgehead atoms. The quantitative estimate of drug-likeness (QED) is 0.428. The lowest BCUT2D eigenvalue weighted by atomic mass is 10.1. The first-order valence-electron chi connectivity index (χ1n) is 5.11. The van der Waals surface area contributed by atoms with E-state index in [2.05, 4.69) is 10.7 Å². The Morgan fingerprint density at radius 1 is 1.56 bits per heavy atom.